The first-order valence-electron chi connectivity index (χ1n) is 15.6. The monoisotopic (exact) mass is 521 g/mol. The maximum atomic E-state index is 12.0. The zero-order valence-electron chi connectivity index (χ0n) is 24.3. The molecule has 0 amide bonds. The molecular formula is C31H57N2O4. The number of carbonyl (C=O) groups is 2. The molecule has 1 aliphatic heterocycles. The molecule has 6 nitrogen and oxygen atoms in total. The highest BCUT2D eigenvalue weighted by Gasteiger charge is 2.37. The Morgan fingerprint density at radius 1 is 0.622 bits per heavy atom. The number of esters is 2. The summed E-state index contributed by atoms with van der Waals surface area (Å²) >= 11 is 0. The molecule has 37 heavy (non-hydrogen) atoms. The van der Waals surface area contributed by atoms with Gasteiger partial charge in [-0.25, -0.2) is 0 Å². The topological polar surface area (TPSA) is 77.3 Å². The molecule has 0 aromatic rings. The summed E-state index contributed by atoms with van der Waals surface area (Å²) in [6, 6.07) is 0. The van der Waals surface area contributed by atoms with Crippen LogP contribution < -0.4 is 0 Å². The lowest BCUT2D eigenvalue weighted by Gasteiger charge is -2.13. The molecule has 0 saturated heterocycles. The zero-order valence-corrected chi connectivity index (χ0v) is 24.3. The molecule has 0 aromatic heterocycles. The second-order valence-electron chi connectivity index (χ2n) is 11.0. The summed E-state index contributed by atoms with van der Waals surface area (Å²) < 4.78 is 10.5. The van der Waals surface area contributed by atoms with E-state index in [9.17, 15) is 9.59 Å². The van der Waals surface area contributed by atoms with Gasteiger partial charge in [0.1, 0.15) is 12.7 Å². The third kappa shape index (κ3) is 20.2. The molecule has 0 bridgehead atoms. The number of carbonyl (C=O) groups excluding carboxylic acids is 2. The van der Waals surface area contributed by atoms with Crippen LogP contribution in [0.2, 0.25) is 0 Å². The second kappa shape index (κ2) is 22.5. The van der Waals surface area contributed by atoms with Gasteiger partial charge in [-0.1, -0.05) is 110 Å². The van der Waals surface area contributed by atoms with Crippen LogP contribution in [0.15, 0.2) is 10.2 Å². The van der Waals surface area contributed by atoms with E-state index in [2.05, 4.69) is 31.0 Å². The van der Waals surface area contributed by atoms with Gasteiger partial charge in [-0.15, -0.1) is 0 Å². The third-order valence-electron chi connectivity index (χ3n) is 7.23. The van der Waals surface area contributed by atoms with Gasteiger partial charge < -0.3 is 9.47 Å². The van der Waals surface area contributed by atoms with E-state index in [1.54, 1.807) is 0 Å². The van der Waals surface area contributed by atoms with Gasteiger partial charge in [-0.05, 0) is 45.4 Å². The Morgan fingerprint density at radius 3 is 1.57 bits per heavy atom. The zero-order chi connectivity index (χ0) is 27.0. The molecule has 0 aliphatic carbocycles. The van der Waals surface area contributed by atoms with Gasteiger partial charge in [0.25, 0.3) is 0 Å². The number of hydrogen-bond acceptors (Lipinski definition) is 6. The van der Waals surface area contributed by atoms with Gasteiger partial charge in [-0.2, -0.15) is 10.2 Å². The van der Waals surface area contributed by atoms with Crippen molar-refractivity contribution in [1.29, 1.82) is 0 Å². The van der Waals surface area contributed by atoms with E-state index in [-0.39, 0.29) is 24.2 Å². The van der Waals surface area contributed by atoms with Crippen molar-refractivity contribution in [3.63, 3.8) is 0 Å². The molecule has 1 radical (unpaired) electrons. The third-order valence-corrected chi connectivity index (χ3v) is 7.23. The SMILES string of the molecule is [CH2]C(COC(=O)CCCCCCCCCCCCC)OC(=O)CCCCCCCCC1(CCCC)N=N1. The van der Waals surface area contributed by atoms with Crippen LogP contribution in [0, 0.1) is 6.92 Å². The number of rotatable bonds is 27. The molecule has 1 heterocycles. The lowest BCUT2D eigenvalue weighted by Crippen LogP contribution is -2.22. The summed E-state index contributed by atoms with van der Waals surface area (Å²) in [6.45, 7) is 8.30. The normalized spacial score (nSPS) is 14.5. The van der Waals surface area contributed by atoms with Gasteiger partial charge in [0.2, 0.25) is 0 Å². The predicted octanol–water partition coefficient (Wildman–Crippen LogP) is 9.45. The van der Waals surface area contributed by atoms with Crippen molar-refractivity contribution in [2.45, 2.75) is 173 Å². The lowest BCUT2D eigenvalue weighted by molar-refractivity contribution is -0.156. The highest BCUT2D eigenvalue weighted by Crippen LogP contribution is 2.38. The molecule has 0 saturated carbocycles. The number of unbranched alkanes of at least 4 members (excludes halogenated alkanes) is 16. The van der Waals surface area contributed by atoms with Crippen molar-refractivity contribution in [2.75, 3.05) is 6.61 Å². The van der Waals surface area contributed by atoms with Crippen molar-refractivity contribution >= 4 is 11.9 Å². The van der Waals surface area contributed by atoms with Crippen molar-refractivity contribution in [3.05, 3.63) is 6.92 Å². The van der Waals surface area contributed by atoms with E-state index < -0.39 is 6.10 Å². The van der Waals surface area contributed by atoms with Gasteiger partial charge >= 0.3 is 11.9 Å². The van der Waals surface area contributed by atoms with Crippen LogP contribution in [0.1, 0.15) is 162 Å². The molecule has 0 fully saturated rings. The molecule has 0 spiro atoms. The average Bonchev–Trinajstić information content (AvgIpc) is 3.66. The van der Waals surface area contributed by atoms with Crippen molar-refractivity contribution in [1.82, 2.24) is 0 Å². The Hall–Kier alpha value is -1.46. The minimum Gasteiger partial charge on any atom is -0.462 e. The highest BCUT2D eigenvalue weighted by atomic mass is 16.6. The van der Waals surface area contributed by atoms with Gasteiger partial charge in [0.05, 0.1) is 0 Å². The van der Waals surface area contributed by atoms with E-state index in [0.29, 0.717) is 12.8 Å². The maximum absolute atomic E-state index is 12.0. The fraction of sp³-hybridized carbons (Fsp3) is 0.903. The highest BCUT2D eigenvalue weighted by molar-refractivity contribution is 5.70. The first kappa shape index (κ1) is 33.6. The maximum Gasteiger partial charge on any atom is 0.306 e. The van der Waals surface area contributed by atoms with E-state index in [0.717, 1.165) is 44.9 Å². The van der Waals surface area contributed by atoms with Crippen LogP contribution in [-0.2, 0) is 19.1 Å². The van der Waals surface area contributed by atoms with Crippen LogP contribution >= 0.6 is 0 Å². The Morgan fingerprint density at radius 2 is 1.05 bits per heavy atom. The molecule has 0 N–H and O–H groups in total. The molecule has 215 valence electrons. The van der Waals surface area contributed by atoms with Crippen LogP contribution in [0.5, 0.6) is 0 Å². The van der Waals surface area contributed by atoms with E-state index >= 15 is 0 Å². The molecule has 1 unspecified atom stereocenters. The Balaban J connectivity index is 1.86. The van der Waals surface area contributed by atoms with Crippen LogP contribution in [-0.4, -0.2) is 30.3 Å². The molecule has 1 aliphatic rings. The van der Waals surface area contributed by atoms with Crippen LogP contribution in [0.3, 0.4) is 0 Å². The smallest absolute Gasteiger partial charge is 0.306 e. The summed E-state index contributed by atoms with van der Waals surface area (Å²) in [5.41, 5.74) is -0.0223. The molecule has 0 aromatic carbocycles. The largest absolute Gasteiger partial charge is 0.462 e. The van der Waals surface area contributed by atoms with E-state index in [4.69, 9.17) is 9.47 Å². The molecule has 1 rings (SSSR count). The van der Waals surface area contributed by atoms with E-state index in [1.165, 1.54) is 89.9 Å². The molecular weight excluding hydrogens is 464 g/mol. The first-order chi connectivity index (χ1) is 18.0. The van der Waals surface area contributed by atoms with Crippen molar-refractivity contribution < 1.29 is 19.1 Å². The predicted molar refractivity (Wildman–Crippen MR) is 151 cm³/mol. The lowest BCUT2D eigenvalue weighted by atomic mass is 9.98. The van der Waals surface area contributed by atoms with Crippen molar-refractivity contribution in [3.8, 4) is 0 Å². The molecule has 1 atom stereocenters. The van der Waals surface area contributed by atoms with Crippen molar-refractivity contribution in [2.24, 2.45) is 10.2 Å². The quantitative estimate of drug-likeness (QED) is 0.0796. The standard InChI is InChI=1S/C31H57N2O4/c1-4-6-8-9-10-11-12-13-14-17-20-23-29(34)36-27-28(3)37-30(35)24-21-18-15-16-19-22-26-31(32-33-31)25-7-5-2/h28H,3-27H2,1-2H3. The summed E-state index contributed by atoms with van der Waals surface area (Å²) in [4.78, 5) is 23.9. The van der Waals surface area contributed by atoms with Gasteiger partial charge in [-0.3, -0.25) is 9.59 Å². The number of ether oxygens (including phenoxy) is 2. The number of nitrogens with zero attached hydrogens (tertiary/aromatic N) is 2. The Bertz CT molecular complexity index is 602. The second-order valence-corrected chi connectivity index (χ2v) is 11.0. The fourth-order valence-corrected chi connectivity index (χ4v) is 4.71. The van der Waals surface area contributed by atoms with Crippen LogP contribution in [0.25, 0.3) is 0 Å². The summed E-state index contributed by atoms with van der Waals surface area (Å²) in [5.74, 6) is -0.475. The fourth-order valence-electron chi connectivity index (χ4n) is 4.71. The van der Waals surface area contributed by atoms with Gasteiger partial charge in [0.15, 0.2) is 5.66 Å². The van der Waals surface area contributed by atoms with Gasteiger partial charge in [0, 0.05) is 12.8 Å². The Kier molecular flexibility index (Phi) is 20.4. The molecule has 6 heteroatoms. The summed E-state index contributed by atoms with van der Waals surface area (Å²) in [6.07, 6.45) is 25.2. The summed E-state index contributed by atoms with van der Waals surface area (Å²) in [5, 5.41) is 8.52. The first-order valence-corrected chi connectivity index (χ1v) is 15.6. The minimum absolute atomic E-state index is 0.0223. The Labute approximate surface area is 228 Å². The minimum atomic E-state index is -0.632. The van der Waals surface area contributed by atoms with Crippen LogP contribution in [0.4, 0.5) is 0 Å². The van der Waals surface area contributed by atoms with E-state index in [1.807, 2.05) is 0 Å². The summed E-state index contributed by atoms with van der Waals surface area (Å²) in [7, 11) is 0. The number of hydrogen-bond donors (Lipinski definition) is 0. The average molecular weight is 522 g/mol.